The molecule has 0 fully saturated rings. The summed E-state index contributed by atoms with van der Waals surface area (Å²) in [5, 5.41) is 9.49. The van der Waals surface area contributed by atoms with Crippen LogP contribution in [0.15, 0.2) is 48.7 Å². The Morgan fingerprint density at radius 2 is 1.95 bits per heavy atom. The zero-order chi connectivity index (χ0) is 13.2. The van der Waals surface area contributed by atoms with E-state index in [0.29, 0.717) is 17.3 Å². The molecule has 0 amide bonds. The van der Waals surface area contributed by atoms with Crippen molar-refractivity contribution in [2.75, 3.05) is 0 Å². The maximum absolute atomic E-state index is 9.49. The number of pyridine rings is 1. The minimum atomic E-state index is -0.120. The van der Waals surface area contributed by atoms with Crippen molar-refractivity contribution in [2.45, 2.75) is 6.61 Å². The first kappa shape index (κ1) is 12.4. The summed E-state index contributed by atoms with van der Waals surface area (Å²) in [5.74, 6) is 1.15. The first-order valence-corrected chi connectivity index (χ1v) is 6.86. The Bertz CT molecular complexity index is 707. The van der Waals surface area contributed by atoms with Crippen LogP contribution in [0, 0.1) is 3.57 Å². The molecule has 0 saturated heterocycles. The van der Waals surface area contributed by atoms with Crippen LogP contribution < -0.4 is 4.74 Å². The number of halogens is 1. The predicted octanol–water partition coefficient (Wildman–Crippen LogP) is 3.22. The highest BCUT2D eigenvalue weighted by Crippen LogP contribution is 2.26. The van der Waals surface area contributed by atoms with Crippen molar-refractivity contribution >= 4 is 28.2 Å². The molecule has 19 heavy (non-hydrogen) atoms. The fourth-order valence-corrected chi connectivity index (χ4v) is 2.22. The molecule has 2 aromatic heterocycles. The highest BCUT2D eigenvalue weighted by atomic mass is 127. The second-order valence-corrected chi connectivity index (χ2v) is 5.25. The van der Waals surface area contributed by atoms with E-state index in [0.717, 1.165) is 9.22 Å². The third-order valence-corrected chi connectivity index (χ3v) is 3.49. The van der Waals surface area contributed by atoms with Gasteiger partial charge in [0.05, 0.1) is 6.61 Å². The highest BCUT2D eigenvalue weighted by molar-refractivity contribution is 14.1. The van der Waals surface area contributed by atoms with Gasteiger partial charge in [-0.05, 0) is 59.0 Å². The molecular weight excluding hydrogens is 355 g/mol. The molecular formula is C14H11IN2O2. The van der Waals surface area contributed by atoms with Gasteiger partial charge in [0.25, 0.3) is 0 Å². The Morgan fingerprint density at radius 3 is 2.68 bits per heavy atom. The number of aromatic nitrogens is 2. The minimum Gasteiger partial charge on any atom is -0.437 e. The summed E-state index contributed by atoms with van der Waals surface area (Å²) in [6.07, 6.45) is 1.86. The van der Waals surface area contributed by atoms with Crippen LogP contribution >= 0.6 is 22.6 Å². The van der Waals surface area contributed by atoms with E-state index in [1.54, 1.807) is 0 Å². The number of imidazole rings is 1. The lowest BCUT2D eigenvalue weighted by atomic mass is 10.3. The zero-order valence-electron chi connectivity index (χ0n) is 9.95. The number of ether oxygens (including phenoxy) is 1. The molecule has 1 N–H and O–H groups in total. The average Bonchev–Trinajstić information content (AvgIpc) is 2.78. The molecule has 96 valence electrons. The van der Waals surface area contributed by atoms with Crippen molar-refractivity contribution in [2.24, 2.45) is 0 Å². The number of aliphatic hydroxyl groups excluding tert-OH is 1. The Morgan fingerprint density at radius 1 is 1.16 bits per heavy atom. The van der Waals surface area contributed by atoms with Crippen LogP contribution in [0.1, 0.15) is 5.69 Å². The number of fused-ring (bicyclic) bond motifs is 1. The van der Waals surface area contributed by atoms with Gasteiger partial charge in [0.15, 0.2) is 0 Å². The van der Waals surface area contributed by atoms with Crippen molar-refractivity contribution in [3.05, 3.63) is 57.9 Å². The van der Waals surface area contributed by atoms with Gasteiger partial charge in [-0.1, -0.05) is 6.07 Å². The van der Waals surface area contributed by atoms with Gasteiger partial charge in [0.1, 0.15) is 17.1 Å². The van der Waals surface area contributed by atoms with Gasteiger partial charge in [-0.3, -0.25) is 4.40 Å². The molecule has 0 radical (unpaired) electrons. The number of nitrogens with zero attached hydrogens (tertiary/aromatic N) is 2. The van der Waals surface area contributed by atoms with E-state index < -0.39 is 0 Å². The third-order valence-electron chi connectivity index (χ3n) is 2.77. The van der Waals surface area contributed by atoms with Gasteiger partial charge < -0.3 is 9.84 Å². The fraction of sp³-hybridized carbons (Fsp3) is 0.0714. The van der Waals surface area contributed by atoms with E-state index in [4.69, 9.17) is 4.74 Å². The van der Waals surface area contributed by atoms with E-state index in [9.17, 15) is 5.11 Å². The SMILES string of the molecule is OCc1c(Oc2ccc(I)cc2)nc2ccccn12. The van der Waals surface area contributed by atoms with E-state index in [1.165, 1.54) is 0 Å². The summed E-state index contributed by atoms with van der Waals surface area (Å²) in [4.78, 5) is 4.38. The van der Waals surface area contributed by atoms with Crippen molar-refractivity contribution in [1.82, 2.24) is 9.38 Å². The largest absolute Gasteiger partial charge is 0.437 e. The molecule has 0 atom stereocenters. The quantitative estimate of drug-likeness (QED) is 0.725. The van der Waals surface area contributed by atoms with Crippen LogP contribution in [-0.4, -0.2) is 14.5 Å². The van der Waals surface area contributed by atoms with E-state index >= 15 is 0 Å². The lowest BCUT2D eigenvalue weighted by Gasteiger charge is -2.04. The molecule has 3 aromatic rings. The van der Waals surface area contributed by atoms with Gasteiger partial charge in [0.2, 0.25) is 5.88 Å². The van der Waals surface area contributed by atoms with Gasteiger partial charge in [-0.25, -0.2) is 0 Å². The predicted molar refractivity (Wildman–Crippen MR) is 80.3 cm³/mol. The molecule has 0 aliphatic heterocycles. The fourth-order valence-electron chi connectivity index (χ4n) is 1.86. The smallest absolute Gasteiger partial charge is 0.243 e. The summed E-state index contributed by atoms with van der Waals surface area (Å²) >= 11 is 2.24. The van der Waals surface area contributed by atoms with E-state index in [1.807, 2.05) is 53.1 Å². The number of benzene rings is 1. The van der Waals surface area contributed by atoms with Crippen LogP contribution in [0.3, 0.4) is 0 Å². The maximum Gasteiger partial charge on any atom is 0.243 e. The zero-order valence-corrected chi connectivity index (χ0v) is 12.1. The lowest BCUT2D eigenvalue weighted by Crippen LogP contribution is -1.94. The topological polar surface area (TPSA) is 46.8 Å². The van der Waals surface area contributed by atoms with Crippen molar-refractivity contribution in [3.63, 3.8) is 0 Å². The van der Waals surface area contributed by atoms with Crippen LogP contribution in [0.5, 0.6) is 11.6 Å². The highest BCUT2D eigenvalue weighted by Gasteiger charge is 2.12. The Labute approximate surface area is 123 Å². The summed E-state index contributed by atoms with van der Waals surface area (Å²) < 4.78 is 8.71. The second-order valence-electron chi connectivity index (χ2n) is 4.01. The molecule has 0 unspecified atom stereocenters. The lowest BCUT2D eigenvalue weighted by molar-refractivity contribution is 0.269. The van der Waals surface area contributed by atoms with Crippen molar-refractivity contribution in [1.29, 1.82) is 0 Å². The molecule has 4 nitrogen and oxygen atoms in total. The summed E-state index contributed by atoms with van der Waals surface area (Å²) in [5.41, 5.74) is 1.40. The summed E-state index contributed by atoms with van der Waals surface area (Å²) in [6, 6.07) is 13.4. The Kier molecular flexibility index (Phi) is 3.39. The number of rotatable bonds is 3. The molecule has 3 rings (SSSR count). The van der Waals surface area contributed by atoms with Crippen LogP contribution in [0.25, 0.3) is 5.65 Å². The van der Waals surface area contributed by atoms with E-state index in [2.05, 4.69) is 27.6 Å². The van der Waals surface area contributed by atoms with Gasteiger partial charge in [-0.2, -0.15) is 4.98 Å². The first-order chi connectivity index (χ1) is 9.28. The van der Waals surface area contributed by atoms with Gasteiger partial charge >= 0.3 is 0 Å². The number of aliphatic hydroxyl groups is 1. The number of hydrogen-bond donors (Lipinski definition) is 1. The molecule has 1 aromatic carbocycles. The molecule has 2 heterocycles. The van der Waals surface area contributed by atoms with Crippen molar-refractivity contribution in [3.8, 4) is 11.6 Å². The standard InChI is InChI=1S/C14H11IN2O2/c15-10-4-6-11(7-5-10)19-14-12(9-18)17-8-2-1-3-13(17)16-14/h1-8,18H,9H2. The number of hydrogen-bond acceptors (Lipinski definition) is 3. The molecule has 0 spiro atoms. The summed E-state index contributed by atoms with van der Waals surface area (Å²) in [6.45, 7) is -0.120. The normalized spacial score (nSPS) is 10.8. The third kappa shape index (κ3) is 2.43. The van der Waals surface area contributed by atoms with Crippen LogP contribution in [0.2, 0.25) is 0 Å². The maximum atomic E-state index is 9.49. The van der Waals surface area contributed by atoms with Crippen LogP contribution in [0.4, 0.5) is 0 Å². The Balaban J connectivity index is 2.02. The molecule has 5 heteroatoms. The summed E-state index contributed by atoms with van der Waals surface area (Å²) in [7, 11) is 0. The molecule has 0 aliphatic carbocycles. The minimum absolute atomic E-state index is 0.120. The van der Waals surface area contributed by atoms with Gasteiger partial charge in [-0.15, -0.1) is 0 Å². The second kappa shape index (κ2) is 5.18. The van der Waals surface area contributed by atoms with Crippen molar-refractivity contribution < 1.29 is 9.84 Å². The molecule has 0 aliphatic rings. The molecule has 0 bridgehead atoms. The first-order valence-electron chi connectivity index (χ1n) is 5.78. The van der Waals surface area contributed by atoms with Crippen LogP contribution in [-0.2, 0) is 6.61 Å². The van der Waals surface area contributed by atoms with Gasteiger partial charge in [0, 0.05) is 9.77 Å². The Hall–Kier alpha value is -1.60. The molecule has 0 saturated carbocycles. The van der Waals surface area contributed by atoms with E-state index in [-0.39, 0.29) is 6.61 Å². The average molecular weight is 366 g/mol. The monoisotopic (exact) mass is 366 g/mol.